The fourth-order valence-corrected chi connectivity index (χ4v) is 2.57. The van der Waals surface area contributed by atoms with Crippen molar-refractivity contribution in [2.45, 2.75) is 20.4 Å². The number of hydrogen-bond acceptors (Lipinski definition) is 3. The van der Waals surface area contributed by atoms with E-state index in [1.165, 1.54) is 0 Å². The number of carbonyl (C=O) groups excluding carboxylic acids is 1. The predicted octanol–water partition coefficient (Wildman–Crippen LogP) is 2.20. The van der Waals surface area contributed by atoms with E-state index in [-0.39, 0.29) is 18.2 Å². The van der Waals surface area contributed by atoms with Gasteiger partial charge in [-0.3, -0.25) is 0 Å². The topological polar surface area (TPSA) is 57.2 Å². The van der Waals surface area contributed by atoms with Gasteiger partial charge in [-0.2, -0.15) is 0 Å². The minimum Gasteiger partial charge on any atom is -0.450 e. The van der Waals surface area contributed by atoms with Gasteiger partial charge in [0.1, 0.15) is 11.6 Å². The van der Waals surface area contributed by atoms with Gasteiger partial charge in [0.2, 0.25) is 0 Å². The third-order valence-electron chi connectivity index (χ3n) is 3.85. The number of nitrogens with one attached hydrogen (secondary N) is 1. The van der Waals surface area contributed by atoms with Crippen molar-refractivity contribution in [1.82, 2.24) is 15.1 Å². The van der Waals surface area contributed by atoms with Crippen LogP contribution in [0, 0.1) is 11.6 Å². The van der Waals surface area contributed by atoms with Crippen molar-refractivity contribution >= 4 is 12.1 Å². The molecule has 0 aliphatic carbocycles. The number of nitrogens with zero attached hydrogens (tertiary/aromatic N) is 3. The summed E-state index contributed by atoms with van der Waals surface area (Å²) in [6.45, 7) is 7.00. The molecule has 8 heteroatoms. The summed E-state index contributed by atoms with van der Waals surface area (Å²) in [6.07, 6.45) is -0.314. The summed E-state index contributed by atoms with van der Waals surface area (Å²) in [7, 11) is 0. The molecule has 0 atom stereocenters. The van der Waals surface area contributed by atoms with Crippen LogP contribution in [-0.2, 0) is 11.3 Å². The van der Waals surface area contributed by atoms with Crippen LogP contribution in [0.1, 0.15) is 19.4 Å². The third kappa shape index (κ3) is 5.30. The summed E-state index contributed by atoms with van der Waals surface area (Å²) >= 11 is 0. The lowest BCUT2D eigenvalue weighted by Gasteiger charge is -2.35. The molecule has 25 heavy (non-hydrogen) atoms. The summed E-state index contributed by atoms with van der Waals surface area (Å²) < 4.78 is 32.0. The predicted molar refractivity (Wildman–Crippen MR) is 91.3 cm³/mol. The number of aliphatic imine (C=N–C) groups is 1. The fourth-order valence-electron chi connectivity index (χ4n) is 2.57. The Morgan fingerprint density at radius 3 is 2.52 bits per heavy atom. The molecule has 1 aromatic carbocycles. The molecule has 1 fully saturated rings. The quantitative estimate of drug-likeness (QED) is 0.665. The number of amides is 1. The summed E-state index contributed by atoms with van der Waals surface area (Å²) in [5, 5.41) is 3.15. The number of ether oxygens (including phenoxy) is 1. The molecule has 1 amide bonds. The molecule has 1 aromatic rings. The van der Waals surface area contributed by atoms with Gasteiger partial charge in [0, 0.05) is 38.3 Å². The second-order valence-corrected chi connectivity index (χ2v) is 5.58. The maximum absolute atomic E-state index is 13.7. The number of guanidine groups is 1. The number of carbonyl (C=O) groups is 1. The summed E-state index contributed by atoms with van der Waals surface area (Å²) in [5.41, 5.74) is 0.209. The van der Waals surface area contributed by atoms with Gasteiger partial charge in [-0.05, 0) is 32.0 Å². The highest BCUT2D eigenvalue weighted by atomic mass is 19.1. The van der Waals surface area contributed by atoms with E-state index in [2.05, 4.69) is 10.3 Å². The number of benzene rings is 1. The standard InChI is InChI=1S/C17H24F2N4O2/c1-3-20-16(21-12-13-11-14(18)5-6-15(13)19)22-7-9-23(10-8-22)17(24)25-4-2/h5-6,11H,3-4,7-10,12H2,1-2H3,(H,20,21). The second kappa shape index (κ2) is 9.19. The van der Waals surface area contributed by atoms with Crippen molar-refractivity contribution in [3.63, 3.8) is 0 Å². The Labute approximate surface area is 146 Å². The normalized spacial score (nSPS) is 15.3. The smallest absolute Gasteiger partial charge is 0.409 e. The number of hydrogen-bond donors (Lipinski definition) is 1. The van der Waals surface area contributed by atoms with Gasteiger partial charge in [-0.1, -0.05) is 0 Å². The molecule has 0 aromatic heterocycles. The van der Waals surface area contributed by atoms with Crippen LogP contribution in [0.25, 0.3) is 0 Å². The van der Waals surface area contributed by atoms with Crippen LogP contribution in [-0.4, -0.2) is 61.2 Å². The minimum absolute atomic E-state index is 0.0457. The lowest BCUT2D eigenvalue weighted by atomic mass is 10.2. The molecule has 138 valence electrons. The molecule has 1 saturated heterocycles. The first-order valence-electron chi connectivity index (χ1n) is 8.44. The van der Waals surface area contributed by atoms with E-state index in [4.69, 9.17) is 4.74 Å². The van der Waals surface area contributed by atoms with E-state index in [1.54, 1.807) is 11.8 Å². The van der Waals surface area contributed by atoms with E-state index >= 15 is 0 Å². The van der Waals surface area contributed by atoms with E-state index in [0.717, 1.165) is 18.2 Å². The van der Waals surface area contributed by atoms with Crippen LogP contribution >= 0.6 is 0 Å². The van der Waals surface area contributed by atoms with Gasteiger partial charge >= 0.3 is 6.09 Å². The van der Waals surface area contributed by atoms with Crippen LogP contribution in [0.3, 0.4) is 0 Å². The largest absolute Gasteiger partial charge is 0.450 e. The molecule has 0 spiro atoms. The molecule has 0 bridgehead atoms. The van der Waals surface area contributed by atoms with Gasteiger partial charge in [0.25, 0.3) is 0 Å². The Morgan fingerprint density at radius 1 is 1.20 bits per heavy atom. The number of rotatable bonds is 4. The molecule has 1 aliphatic rings. The van der Waals surface area contributed by atoms with Crippen LogP contribution in [0.5, 0.6) is 0 Å². The first-order chi connectivity index (χ1) is 12.0. The van der Waals surface area contributed by atoms with Crippen molar-refractivity contribution < 1.29 is 18.3 Å². The Kier molecular flexibility index (Phi) is 6.97. The summed E-state index contributed by atoms with van der Waals surface area (Å²) in [4.78, 5) is 19.8. The van der Waals surface area contributed by atoms with Crippen LogP contribution < -0.4 is 5.32 Å². The first kappa shape index (κ1) is 19.0. The first-order valence-corrected chi connectivity index (χ1v) is 8.44. The highest BCUT2D eigenvalue weighted by Gasteiger charge is 2.23. The van der Waals surface area contributed by atoms with Crippen molar-refractivity contribution in [3.05, 3.63) is 35.4 Å². The molecule has 1 aliphatic heterocycles. The average Bonchev–Trinajstić information content (AvgIpc) is 2.61. The van der Waals surface area contributed by atoms with Gasteiger partial charge in [-0.15, -0.1) is 0 Å². The fraction of sp³-hybridized carbons (Fsp3) is 0.529. The molecule has 0 unspecified atom stereocenters. The van der Waals surface area contributed by atoms with Crippen molar-refractivity contribution in [2.24, 2.45) is 4.99 Å². The molecule has 2 rings (SSSR count). The SMILES string of the molecule is CCNC(=NCc1cc(F)ccc1F)N1CCN(C(=O)OCC)CC1. The van der Waals surface area contributed by atoms with Gasteiger partial charge in [0.15, 0.2) is 5.96 Å². The minimum atomic E-state index is -0.486. The van der Waals surface area contributed by atoms with Gasteiger partial charge < -0.3 is 19.9 Å². The lowest BCUT2D eigenvalue weighted by Crippen LogP contribution is -2.53. The summed E-state index contributed by atoms with van der Waals surface area (Å²) in [5.74, 6) is -0.345. The van der Waals surface area contributed by atoms with E-state index in [0.29, 0.717) is 45.3 Å². The van der Waals surface area contributed by atoms with Crippen molar-refractivity contribution in [1.29, 1.82) is 0 Å². The van der Waals surface area contributed by atoms with Crippen LogP contribution in [0.4, 0.5) is 13.6 Å². The molecule has 6 nitrogen and oxygen atoms in total. The Balaban J connectivity index is 2.01. The molecular weight excluding hydrogens is 330 g/mol. The zero-order valence-corrected chi connectivity index (χ0v) is 14.6. The monoisotopic (exact) mass is 354 g/mol. The Bertz CT molecular complexity index is 617. The van der Waals surface area contributed by atoms with Crippen LogP contribution in [0.2, 0.25) is 0 Å². The average molecular weight is 354 g/mol. The summed E-state index contributed by atoms with van der Waals surface area (Å²) in [6, 6.07) is 3.34. The number of piperazine rings is 1. The van der Waals surface area contributed by atoms with Crippen molar-refractivity contribution in [3.8, 4) is 0 Å². The molecule has 0 saturated carbocycles. The van der Waals surface area contributed by atoms with E-state index in [1.807, 2.05) is 11.8 Å². The second-order valence-electron chi connectivity index (χ2n) is 5.58. The Morgan fingerprint density at radius 2 is 1.88 bits per heavy atom. The zero-order valence-electron chi connectivity index (χ0n) is 14.6. The van der Waals surface area contributed by atoms with Crippen molar-refractivity contribution in [2.75, 3.05) is 39.3 Å². The van der Waals surface area contributed by atoms with E-state index < -0.39 is 11.6 Å². The van der Waals surface area contributed by atoms with Gasteiger partial charge in [-0.25, -0.2) is 18.6 Å². The number of halogens is 2. The lowest BCUT2D eigenvalue weighted by molar-refractivity contribution is 0.0914. The molecule has 1 N–H and O–H groups in total. The maximum atomic E-state index is 13.7. The molecule has 0 radical (unpaired) electrons. The highest BCUT2D eigenvalue weighted by molar-refractivity contribution is 5.80. The van der Waals surface area contributed by atoms with E-state index in [9.17, 15) is 13.6 Å². The van der Waals surface area contributed by atoms with Gasteiger partial charge in [0.05, 0.1) is 13.2 Å². The third-order valence-corrected chi connectivity index (χ3v) is 3.85. The molecular formula is C17H24F2N4O2. The zero-order chi connectivity index (χ0) is 18.2. The molecule has 1 heterocycles. The Hall–Kier alpha value is -2.38. The maximum Gasteiger partial charge on any atom is 0.409 e. The van der Waals surface area contributed by atoms with Crippen LogP contribution in [0.15, 0.2) is 23.2 Å². The highest BCUT2D eigenvalue weighted by Crippen LogP contribution is 2.11.